The topological polar surface area (TPSA) is 34.2 Å². The first-order valence-corrected chi connectivity index (χ1v) is 8.47. The van der Waals surface area contributed by atoms with Gasteiger partial charge in [-0.3, -0.25) is 9.80 Å². The van der Waals surface area contributed by atoms with E-state index in [0.29, 0.717) is 12.0 Å². The first-order valence-electron chi connectivity index (χ1n) is 8.47. The molecule has 5 heteroatoms. The molecule has 23 heavy (non-hydrogen) atoms. The lowest BCUT2D eigenvalue weighted by Crippen LogP contribution is -2.34. The van der Waals surface area contributed by atoms with E-state index in [9.17, 15) is 0 Å². The van der Waals surface area contributed by atoms with Crippen LogP contribution in [0, 0.1) is 5.92 Å². The van der Waals surface area contributed by atoms with Gasteiger partial charge < -0.3 is 14.2 Å². The SMILES string of the molecule is COCCN1CCO[C@H]2CN(Cc3ccccc3OC)C[C@H]2C1. The molecule has 0 aliphatic carbocycles. The van der Waals surface area contributed by atoms with Crippen LogP contribution >= 0.6 is 0 Å². The number of nitrogens with zero attached hydrogens (tertiary/aromatic N) is 2. The van der Waals surface area contributed by atoms with Crippen molar-refractivity contribution in [2.24, 2.45) is 5.92 Å². The number of hydrogen-bond donors (Lipinski definition) is 0. The first-order chi connectivity index (χ1) is 11.3. The molecule has 5 nitrogen and oxygen atoms in total. The Labute approximate surface area is 139 Å². The van der Waals surface area contributed by atoms with Crippen molar-refractivity contribution in [2.75, 3.05) is 60.2 Å². The Kier molecular flexibility index (Phi) is 5.89. The molecule has 0 bridgehead atoms. The molecule has 2 fully saturated rings. The Morgan fingerprint density at radius 2 is 1.96 bits per heavy atom. The van der Waals surface area contributed by atoms with E-state index in [4.69, 9.17) is 14.2 Å². The highest BCUT2D eigenvalue weighted by Gasteiger charge is 2.36. The fourth-order valence-electron chi connectivity index (χ4n) is 3.67. The summed E-state index contributed by atoms with van der Waals surface area (Å²) in [6.07, 6.45) is 0.359. The molecule has 0 amide bonds. The van der Waals surface area contributed by atoms with Crippen molar-refractivity contribution in [2.45, 2.75) is 12.6 Å². The summed E-state index contributed by atoms with van der Waals surface area (Å²) in [6.45, 7) is 7.77. The van der Waals surface area contributed by atoms with Crippen LogP contribution < -0.4 is 4.74 Å². The Bertz CT molecular complexity index is 495. The zero-order valence-corrected chi connectivity index (χ0v) is 14.2. The molecular formula is C18H28N2O3. The Morgan fingerprint density at radius 1 is 1.13 bits per heavy atom. The van der Waals surface area contributed by atoms with Crippen molar-refractivity contribution in [3.63, 3.8) is 0 Å². The second-order valence-electron chi connectivity index (χ2n) is 6.47. The summed E-state index contributed by atoms with van der Waals surface area (Å²) >= 11 is 0. The quantitative estimate of drug-likeness (QED) is 0.793. The number of benzene rings is 1. The van der Waals surface area contributed by atoms with Gasteiger partial charge in [0.25, 0.3) is 0 Å². The van der Waals surface area contributed by atoms with E-state index >= 15 is 0 Å². The molecule has 2 aliphatic rings. The second-order valence-corrected chi connectivity index (χ2v) is 6.47. The predicted octanol–water partition coefficient (Wildman–Crippen LogP) is 1.47. The van der Waals surface area contributed by atoms with Gasteiger partial charge in [-0.2, -0.15) is 0 Å². The molecular weight excluding hydrogens is 292 g/mol. The molecule has 2 heterocycles. The van der Waals surface area contributed by atoms with E-state index in [0.717, 1.165) is 58.2 Å². The van der Waals surface area contributed by atoms with E-state index in [1.807, 2.05) is 12.1 Å². The van der Waals surface area contributed by atoms with Gasteiger partial charge >= 0.3 is 0 Å². The van der Waals surface area contributed by atoms with Gasteiger partial charge in [0.05, 0.1) is 26.4 Å². The number of fused-ring (bicyclic) bond motifs is 1. The van der Waals surface area contributed by atoms with Gasteiger partial charge in [0, 0.05) is 57.9 Å². The van der Waals surface area contributed by atoms with E-state index in [1.165, 1.54) is 5.56 Å². The Balaban J connectivity index is 1.59. The van der Waals surface area contributed by atoms with Crippen LogP contribution in [-0.4, -0.2) is 76.1 Å². The lowest BCUT2D eigenvalue weighted by atomic mass is 10.1. The fraction of sp³-hybridized carbons (Fsp3) is 0.667. The van der Waals surface area contributed by atoms with Crippen LogP contribution in [0.5, 0.6) is 5.75 Å². The number of para-hydroxylation sites is 1. The van der Waals surface area contributed by atoms with Gasteiger partial charge in [0.2, 0.25) is 0 Å². The first kappa shape index (κ1) is 16.7. The number of ether oxygens (including phenoxy) is 3. The number of likely N-dealkylation sites (tertiary alicyclic amines) is 1. The van der Waals surface area contributed by atoms with E-state index in [-0.39, 0.29) is 0 Å². The van der Waals surface area contributed by atoms with Gasteiger partial charge in [0.1, 0.15) is 5.75 Å². The van der Waals surface area contributed by atoms with Crippen molar-refractivity contribution in [3.05, 3.63) is 29.8 Å². The maximum Gasteiger partial charge on any atom is 0.123 e. The minimum absolute atomic E-state index is 0.359. The van der Waals surface area contributed by atoms with E-state index in [1.54, 1.807) is 14.2 Å². The van der Waals surface area contributed by atoms with Gasteiger partial charge in [-0.25, -0.2) is 0 Å². The second kappa shape index (κ2) is 8.11. The van der Waals surface area contributed by atoms with Gasteiger partial charge in [0.15, 0.2) is 0 Å². The largest absolute Gasteiger partial charge is 0.496 e. The smallest absolute Gasteiger partial charge is 0.123 e. The summed E-state index contributed by atoms with van der Waals surface area (Å²) in [4.78, 5) is 4.97. The van der Waals surface area contributed by atoms with Crippen molar-refractivity contribution in [1.82, 2.24) is 9.80 Å². The van der Waals surface area contributed by atoms with Crippen molar-refractivity contribution >= 4 is 0 Å². The molecule has 0 N–H and O–H groups in total. The average Bonchev–Trinajstić information content (AvgIpc) is 2.84. The van der Waals surface area contributed by atoms with Crippen LogP contribution in [0.4, 0.5) is 0 Å². The maximum absolute atomic E-state index is 6.11. The van der Waals surface area contributed by atoms with Gasteiger partial charge in [-0.15, -0.1) is 0 Å². The lowest BCUT2D eigenvalue weighted by Gasteiger charge is -2.23. The minimum Gasteiger partial charge on any atom is -0.496 e. The summed E-state index contributed by atoms with van der Waals surface area (Å²) in [5.74, 6) is 1.56. The van der Waals surface area contributed by atoms with E-state index < -0.39 is 0 Å². The highest BCUT2D eigenvalue weighted by Crippen LogP contribution is 2.27. The molecule has 0 spiro atoms. The molecule has 1 aromatic carbocycles. The Morgan fingerprint density at radius 3 is 2.78 bits per heavy atom. The molecule has 1 aromatic rings. The summed E-state index contributed by atoms with van der Waals surface area (Å²) in [5.41, 5.74) is 1.25. The molecule has 0 radical (unpaired) electrons. The summed E-state index contributed by atoms with van der Waals surface area (Å²) in [6, 6.07) is 8.29. The van der Waals surface area contributed by atoms with Crippen LogP contribution in [0.3, 0.4) is 0 Å². The number of methoxy groups -OCH3 is 2. The third kappa shape index (κ3) is 4.23. The molecule has 0 aromatic heterocycles. The van der Waals surface area contributed by atoms with E-state index in [2.05, 4.69) is 21.9 Å². The summed E-state index contributed by atoms with van der Waals surface area (Å²) < 4.78 is 16.8. The molecule has 0 saturated carbocycles. The normalized spacial score (nSPS) is 26.0. The van der Waals surface area contributed by atoms with Crippen LogP contribution in [0.2, 0.25) is 0 Å². The number of hydrogen-bond acceptors (Lipinski definition) is 5. The zero-order chi connectivity index (χ0) is 16.1. The molecule has 0 unspecified atom stereocenters. The summed E-state index contributed by atoms with van der Waals surface area (Å²) in [7, 11) is 3.51. The van der Waals surface area contributed by atoms with Gasteiger partial charge in [-0.1, -0.05) is 18.2 Å². The summed E-state index contributed by atoms with van der Waals surface area (Å²) in [5, 5.41) is 0. The van der Waals surface area contributed by atoms with Crippen LogP contribution in [0.1, 0.15) is 5.56 Å². The third-order valence-electron chi connectivity index (χ3n) is 4.89. The Hall–Kier alpha value is -1.14. The average molecular weight is 320 g/mol. The standard InChI is InChI=1S/C18H28N2O3/c1-21-9-7-19-8-10-23-18-14-20(13-16(18)12-19)11-15-5-3-4-6-17(15)22-2/h3-6,16,18H,7-14H2,1-2H3/t16-,18+/m1/s1. The lowest BCUT2D eigenvalue weighted by molar-refractivity contribution is 0.0506. The van der Waals surface area contributed by atoms with Crippen LogP contribution in [0.15, 0.2) is 24.3 Å². The zero-order valence-electron chi connectivity index (χ0n) is 14.2. The van der Waals surface area contributed by atoms with Crippen LogP contribution in [-0.2, 0) is 16.0 Å². The van der Waals surface area contributed by atoms with Gasteiger partial charge in [-0.05, 0) is 6.07 Å². The number of rotatable bonds is 6. The monoisotopic (exact) mass is 320 g/mol. The molecule has 128 valence electrons. The fourth-order valence-corrected chi connectivity index (χ4v) is 3.67. The van der Waals surface area contributed by atoms with Crippen LogP contribution in [0.25, 0.3) is 0 Å². The molecule has 3 rings (SSSR count). The maximum atomic E-state index is 6.11. The predicted molar refractivity (Wildman–Crippen MR) is 89.8 cm³/mol. The molecule has 2 atom stereocenters. The molecule has 2 aliphatic heterocycles. The van der Waals surface area contributed by atoms with Crippen molar-refractivity contribution in [1.29, 1.82) is 0 Å². The highest BCUT2D eigenvalue weighted by molar-refractivity contribution is 5.33. The van der Waals surface area contributed by atoms with Crippen molar-refractivity contribution in [3.8, 4) is 5.75 Å². The minimum atomic E-state index is 0.359. The highest BCUT2D eigenvalue weighted by atomic mass is 16.5. The van der Waals surface area contributed by atoms with Crippen molar-refractivity contribution < 1.29 is 14.2 Å². The third-order valence-corrected chi connectivity index (χ3v) is 4.89. The molecule has 2 saturated heterocycles.